The third-order valence-electron chi connectivity index (χ3n) is 4.81. The van der Waals surface area contributed by atoms with Crippen LogP contribution in [0.25, 0.3) is 0 Å². The normalized spacial score (nSPS) is 27.4. The first kappa shape index (κ1) is 13.5. The van der Waals surface area contributed by atoms with Crippen LogP contribution in [0.4, 0.5) is 0 Å². The first-order valence-corrected chi connectivity index (χ1v) is 8.35. The zero-order chi connectivity index (χ0) is 14.7. The molecule has 0 bridgehead atoms. The SMILES string of the molecule is C[C@@H](Sc1ccc2c(c1C(=O)O)OB(O)[C@@H]1C[C@H]21)C1CC1. The molecule has 0 aromatic heterocycles. The van der Waals surface area contributed by atoms with E-state index in [1.165, 1.54) is 12.8 Å². The van der Waals surface area contributed by atoms with Crippen molar-refractivity contribution in [1.29, 1.82) is 0 Å². The molecule has 0 unspecified atom stereocenters. The van der Waals surface area contributed by atoms with Crippen LogP contribution in [-0.2, 0) is 0 Å². The van der Waals surface area contributed by atoms with Crippen molar-refractivity contribution in [3.8, 4) is 5.75 Å². The highest BCUT2D eigenvalue weighted by Crippen LogP contribution is 2.61. The third kappa shape index (κ3) is 2.25. The number of carboxylic acids is 1. The summed E-state index contributed by atoms with van der Waals surface area (Å²) in [5, 5.41) is 19.9. The molecular formula is C15H17BO4S. The van der Waals surface area contributed by atoms with Crippen LogP contribution in [-0.4, -0.2) is 28.5 Å². The van der Waals surface area contributed by atoms with E-state index < -0.39 is 13.1 Å². The Hall–Kier alpha value is -1.14. The van der Waals surface area contributed by atoms with Gasteiger partial charge in [-0.15, -0.1) is 11.8 Å². The monoisotopic (exact) mass is 304 g/mol. The Morgan fingerprint density at radius 2 is 2.24 bits per heavy atom. The second-order valence-electron chi connectivity index (χ2n) is 6.34. The lowest BCUT2D eigenvalue weighted by molar-refractivity contribution is 0.0690. The van der Waals surface area contributed by atoms with Gasteiger partial charge in [0.15, 0.2) is 0 Å². The lowest BCUT2D eigenvalue weighted by atomic mass is 9.77. The van der Waals surface area contributed by atoms with Gasteiger partial charge in [-0.05, 0) is 42.7 Å². The Labute approximate surface area is 128 Å². The molecule has 0 radical (unpaired) electrons. The van der Waals surface area contributed by atoms with Gasteiger partial charge in [0.2, 0.25) is 0 Å². The molecule has 0 spiro atoms. The van der Waals surface area contributed by atoms with E-state index in [4.69, 9.17) is 4.65 Å². The lowest BCUT2D eigenvalue weighted by Gasteiger charge is -2.23. The summed E-state index contributed by atoms with van der Waals surface area (Å²) in [6.07, 6.45) is 3.36. The van der Waals surface area contributed by atoms with Crippen molar-refractivity contribution in [2.75, 3.05) is 0 Å². The minimum absolute atomic E-state index is 0.142. The molecule has 0 saturated heterocycles. The molecule has 2 aliphatic carbocycles. The average Bonchev–Trinajstić information content (AvgIpc) is 3.29. The third-order valence-corrected chi connectivity index (χ3v) is 6.16. The molecule has 3 aliphatic rings. The number of benzene rings is 1. The van der Waals surface area contributed by atoms with E-state index in [2.05, 4.69) is 6.92 Å². The molecule has 6 heteroatoms. The Bertz CT molecular complexity index is 616. The fourth-order valence-electron chi connectivity index (χ4n) is 3.26. The summed E-state index contributed by atoms with van der Waals surface area (Å²) in [7, 11) is -0.860. The van der Waals surface area contributed by atoms with Gasteiger partial charge in [-0.25, -0.2) is 4.79 Å². The van der Waals surface area contributed by atoms with Crippen LogP contribution in [0.15, 0.2) is 17.0 Å². The number of fused-ring (bicyclic) bond motifs is 3. The molecular weight excluding hydrogens is 287 g/mol. The van der Waals surface area contributed by atoms with Crippen molar-refractivity contribution in [3.63, 3.8) is 0 Å². The Morgan fingerprint density at radius 1 is 1.48 bits per heavy atom. The summed E-state index contributed by atoms with van der Waals surface area (Å²) in [4.78, 5) is 12.5. The number of thioether (sulfide) groups is 1. The summed E-state index contributed by atoms with van der Waals surface area (Å²) in [5.41, 5.74) is 1.18. The molecule has 1 aromatic carbocycles. The molecule has 1 aromatic rings. The highest BCUT2D eigenvalue weighted by molar-refractivity contribution is 8.00. The van der Waals surface area contributed by atoms with Crippen molar-refractivity contribution >= 4 is 24.8 Å². The average molecular weight is 304 g/mol. The zero-order valence-electron chi connectivity index (χ0n) is 11.8. The minimum Gasteiger partial charge on any atom is -0.535 e. The van der Waals surface area contributed by atoms with Crippen molar-refractivity contribution in [3.05, 3.63) is 23.3 Å². The maximum absolute atomic E-state index is 11.7. The van der Waals surface area contributed by atoms with E-state index in [1.807, 2.05) is 12.1 Å². The van der Waals surface area contributed by atoms with E-state index in [1.54, 1.807) is 11.8 Å². The number of carboxylic acid groups (broad SMARTS) is 1. The number of hydrogen-bond acceptors (Lipinski definition) is 4. The van der Waals surface area contributed by atoms with Crippen molar-refractivity contribution in [1.82, 2.24) is 0 Å². The second kappa shape index (κ2) is 4.68. The predicted octanol–water partition coefficient (Wildman–Crippen LogP) is 3.01. The van der Waals surface area contributed by atoms with Crippen LogP contribution in [0.3, 0.4) is 0 Å². The van der Waals surface area contributed by atoms with Crippen LogP contribution in [0.5, 0.6) is 5.75 Å². The van der Waals surface area contributed by atoms with Gasteiger partial charge in [0.25, 0.3) is 0 Å². The molecule has 2 N–H and O–H groups in total. The molecule has 21 heavy (non-hydrogen) atoms. The molecule has 1 aliphatic heterocycles. The highest BCUT2D eigenvalue weighted by atomic mass is 32.2. The van der Waals surface area contributed by atoms with Gasteiger partial charge in [-0.1, -0.05) is 13.0 Å². The molecule has 2 saturated carbocycles. The minimum atomic E-state index is -0.969. The number of hydrogen-bond donors (Lipinski definition) is 2. The Morgan fingerprint density at radius 3 is 2.90 bits per heavy atom. The lowest BCUT2D eigenvalue weighted by Crippen LogP contribution is -2.27. The summed E-state index contributed by atoms with van der Waals surface area (Å²) < 4.78 is 5.54. The van der Waals surface area contributed by atoms with Crippen molar-refractivity contribution < 1.29 is 19.6 Å². The summed E-state index contributed by atoms with van der Waals surface area (Å²) >= 11 is 1.62. The van der Waals surface area contributed by atoms with E-state index in [0.29, 0.717) is 16.9 Å². The highest BCUT2D eigenvalue weighted by Gasteiger charge is 2.54. The van der Waals surface area contributed by atoms with Gasteiger partial charge < -0.3 is 14.8 Å². The fourth-order valence-corrected chi connectivity index (χ4v) is 4.57. The maximum atomic E-state index is 11.7. The second-order valence-corrected chi connectivity index (χ2v) is 7.76. The van der Waals surface area contributed by atoms with Gasteiger partial charge in [0, 0.05) is 16.0 Å². The largest absolute Gasteiger partial charge is 0.535 e. The van der Waals surface area contributed by atoms with Gasteiger partial charge >= 0.3 is 13.1 Å². The molecule has 2 fully saturated rings. The first-order valence-electron chi connectivity index (χ1n) is 7.48. The molecule has 4 nitrogen and oxygen atoms in total. The first-order chi connectivity index (χ1) is 10.1. The molecule has 3 atom stereocenters. The summed E-state index contributed by atoms with van der Waals surface area (Å²) in [6.45, 7) is 2.15. The molecule has 0 amide bonds. The van der Waals surface area contributed by atoms with Crippen LogP contribution in [0, 0.1) is 5.92 Å². The van der Waals surface area contributed by atoms with Gasteiger partial charge in [-0.3, -0.25) is 0 Å². The van der Waals surface area contributed by atoms with E-state index in [9.17, 15) is 14.9 Å². The van der Waals surface area contributed by atoms with Crippen molar-refractivity contribution in [2.45, 2.75) is 48.1 Å². The zero-order valence-corrected chi connectivity index (χ0v) is 12.6. The summed E-state index contributed by atoms with van der Waals surface area (Å²) in [5.74, 6) is 0.530. The Kier molecular flexibility index (Phi) is 3.01. The van der Waals surface area contributed by atoms with Crippen LogP contribution in [0.2, 0.25) is 5.82 Å². The van der Waals surface area contributed by atoms with E-state index >= 15 is 0 Å². The summed E-state index contributed by atoms with van der Waals surface area (Å²) in [6, 6.07) is 3.91. The smallest absolute Gasteiger partial charge is 0.526 e. The fraction of sp³-hybridized carbons (Fsp3) is 0.533. The molecule has 110 valence electrons. The predicted molar refractivity (Wildman–Crippen MR) is 81.2 cm³/mol. The van der Waals surface area contributed by atoms with Gasteiger partial charge in [0.05, 0.1) is 0 Å². The van der Waals surface area contributed by atoms with Gasteiger partial charge in [-0.2, -0.15) is 0 Å². The van der Waals surface area contributed by atoms with Crippen molar-refractivity contribution in [2.24, 2.45) is 5.92 Å². The number of carbonyl (C=O) groups is 1. The van der Waals surface area contributed by atoms with Gasteiger partial charge in [0.1, 0.15) is 11.3 Å². The molecule has 4 rings (SSSR count). The number of rotatable bonds is 4. The van der Waals surface area contributed by atoms with Crippen LogP contribution < -0.4 is 4.65 Å². The van der Waals surface area contributed by atoms with E-state index in [-0.39, 0.29) is 17.3 Å². The quantitative estimate of drug-likeness (QED) is 0.661. The van der Waals surface area contributed by atoms with Crippen LogP contribution in [0.1, 0.15) is 48.0 Å². The number of aromatic carboxylic acids is 1. The molecule has 1 heterocycles. The standard InChI is InChI=1S/C15H17BO4S/c1-7(8-2-3-8)21-12-5-4-9-10-6-11(10)16(19)20-14(9)13(12)15(17)18/h4-5,7-8,10-11,19H,2-3,6H2,1H3,(H,17,18)/t7-,10-,11-/m1/s1. The van der Waals surface area contributed by atoms with Crippen LogP contribution >= 0.6 is 11.8 Å². The maximum Gasteiger partial charge on any atom is 0.526 e. The topological polar surface area (TPSA) is 66.8 Å². The van der Waals surface area contributed by atoms with E-state index in [0.717, 1.165) is 16.9 Å². The Balaban J connectivity index is 1.74.